The lowest BCUT2D eigenvalue weighted by molar-refractivity contribution is 0.0526. The Morgan fingerprint density at radius 2 is 1.65 bits per heavy atom. The fraction of sp³-hybridized carbons (Fsp3) is 0.0938. The van der Waals surface area contributed by atoms with Gasteiger partial charge in [0.25, 0.3) is 5.91 Å². The molecule has 1 unspecified atom stereocenters. The van der Waals surface area contributed by atoms with E-state index in [0.29, 0.717) is 28.3 Å². The van der Waals surface area contributed by atoms with Crippen molar-refractivity contribution in [1.29, 1.82) is 0 Å². The van der Waals surface area contributed by atoms with Gasteiger partial charge in [0.2, 0.25) is 5.76 Å². The minimum Gasteiger partial charge on any atom is -0.462 e. The molecule has 198 valence electrons. The van der Waals surface area contributed by atoms with Gasteiger partial charge in [-0.25, -0.2) is 9.18 Å². The highest BCUT2D eigenvalue weighted by Crippen LogP contribution is 2.42. The van der Waals surface area contributed by atoms with Crippen LogP contribution in [0.4, 0.5) is 10.1 Å². The Morgan fingerprint density at radius 1 is 0.900 bits per heavy atom. The van der Waals surface area contributed by atoms with E-state index in [4.69, 9.17) is 13.9 Å². The maximum absolute atomic E-state index is 14.1. The maximum Gasteiger partial charge on any atom is 0.338 e. The number of para-hydroxylation sites is 1. The first-order valence-corrected chi connectivity index (χ1v) is 12.6. The zero-order chi connectivity index (χ0) is 27.8. The number of carbonyl (C=O) groups excluding carboxylic acids is 2. The topological polar surface area (TPSA) is 86.0 Å². The molecule has 7 nitrogen and oxygen atoms in total. The molecule has 0 aliphatic carbocycles. The van der Waals surface area contributed by atoms with Gasteiger partial charge >= 0.3 is 5.97 Å². The Kier molecular flexibility index (Phi) is 6.36. The summed E-state index contributed by atoms with van der Waals surface area (Å²) in [4.78, 5) is 41.2. The molecule has 1 amide bonds. The van der Waals surface area contributed by atoms with Crippen molar-refractivity contribution in [2.75, 3.05) is 11.5 Å². The number of carbonyl (C=O) groups is 2. The minimum atomic E-state index is -0.904. The Morgan fingerprint density at radius 3 is 2.40 bits per heavy atom. The second-order valence-corrected chi connectivity index (χ2v) is 9.15. The van der Waals surface area contributed by atoms with Gasteiger partial charge in [-0.3, -0.25) is 14.5 Å². The van der Waals surface area contributed by atoms with E-state index in [-0.39, 0.29) is 28.9 Å². The Balaban J connectivity index is 1.51. The highest BCUT2D eigenvalue weighted by Gasteiger charge is 2.44. The molecule has 8 heteroatoms. The number of ether oxygens (including phenoxy) is 2. The van der Waals surface area contributed by atoms with E-state index in [1.54, 1.807) is 55.5 Å². The molecule has 0 saturated carbocycles. The number of fused-ring (bicyclic) bond motifs is 2. The number of rotatable bonds is 6. The van der Waals surface area contributed by atoms with Crippen molar-refractivity contribution in [2.24, 2.45) is 0 Å². The number of nitrogens with zero attached hydrogens (tertiary/aromatic N) is 1. The summed E-state index contributed by atoms with van der Waals surface area (Å²) in [6.45, 7) is 1.94. The summed E-state index contributed by atoms with van der Waals surface area (Å²) in [6, 6.07) is 25.3. The zero-order valence-corrected chi connectivity index (χ0v) is 21.3. The van der Waals surface area contributed by atoms with E-state index in [9.17, 15) is 18.8 Å². The predicted octanol–water partition coefficient (Wildman–Crippen LogP) is 6.65. The lowest BCUT2D eigenvalue weighted by Crippen LogP contribution is -2.29. The number of amides is 1. The summed E-state index contributed by atoms with van der Waals surface area (Å²) in [5, 5.41) is 0.0350. The Labute approximate surface area is 228 Å². The van der Waals surface area contributed by atoms with E-state index in [2.05, 4.69) is 0 Å². The van der Waals surface area contributed by atoms with Crippen LogP contribution in [0.2, 0.25) is 0 Å². The molecule has 4 aromatic carbocycles. The van der Waals surface area contributed by atoms with E-state index in [1.165, 1.54) is 17.0 Å². The van der Waals surface area contributed by atoms with Crippen molar-refractivity contribution in [1.82, 2.24) is 0 Å². The molecular formula is C32H22FNO6. The minimum absolute atomic E-state index is 0.0350. The zero-order valence-electron chi connectivity index (χ0n) is 21.3. The molecule has 0 radical (unpaired) electrons. The number of esters is 1. The number of hydrogen-bond acceptors (Lipinski definition) is 6. The van der Waals surface area contributed by atoms with Crippen molar-refractivity contribution in [2.45, 2.75) is 13.0 Å². The van der Waals surface area contributed by atoms with Gasteiger partial charge in [0.1, 0.15) is 22.9 Å². The van der Waals surface area contributed by atoms with Crippen LogP contribution >= 0.6 is 0 Å². The average Bonchev–Trinajstić information content (AvgIpc) is 3.26. The standard InChI is InChI=1S/C32H22FNO6/c1-2-38-32(37)19-11-14-22(15-12-19)34-28(20-7-6-10-24(17-20)39-23-8-4-3-5-9-23)27-29(35)25-18-21(33)13-16-26(25)40-30(27)31(34)36/h3-18,28H,2H2,1H3. The molecule has 0 saturated heterocycles. The van der Waals surface area contributed by atoms with Crippen LogP contribution in [0.5, 0.6) is 11.5 Å². The highest BCUT2D eigenvalue weighted by molar-refractivity contribution is 6.10. The highest BCUT2D eigenvalue weighted by atomic mass is 19.1. The SMILES string of the molecule is CCOC(=O)c1ccc(N2C(=O)c3oc4ccc(F)cc4c(=O)c3C2c2cccc(Oc3ccccc3)c2)cc1. The smallest absolute Gasteiger partial charge is 0.338 e. The third-order valence-electron chi connectivity index (χ3n) is 6.64. The molecule has 6 rings (SSSR count). The molecule has 0 fully saturated rings. The summed E-state index contributed by atoms with van der Waals surface area (Å²) >= 11 is 0. The Bertz CT molecular complexity index is 1810. The van der Waals surface area contributed by atoms with Gasteiger partial charge in [-0.2, -0.15) is 0 Å². The number of anilines is 1. The van der Waals surface area contributed by atoms with E-state index in [0.717, 1.165) is 6.07 Å². The predicted molar refractivity (Wildman–Crippen MR) is 146 cm³/mol. The molecule has 0 bridgehead atoms. The third-order valence-corrected chi connectivity index (χ3v) is 6.64. The number of hydrogen-bond donors (Lipinski definition) is 0. The number of halogens is 1. The third kappa shape index (κ3) is 4.39. The quantitative estimate of drug-likeness (QED) is 0.226. The van der Waals surface area contributed by atoms with E-state index < -0.39 is 29.2 Å². The lowest BCUT2D eigenvalue weighted by atomic mass is 9.98. The van der Waals surface area contributed by atoms with Crippen LogP contribution in [-0.2, 0) is 4.74 Å². The van der Waals surface area contributed by atoms with Gasteiger partial charge in [0.15, 0.2) is 5.43 Å². The molecule has 0 N–H and O–H groups in total. The van der Waals surface area contributed by atoms with Crippen LogP contribution in [0, 0.1) is 5.82 Å². The molecule has 1 aliphatic heterocycles. The second-order valence-electron chi connectivity index (χ2n) is 9.15. The van der Waals surface area contributed by atoms with Crippen LogP contribution in [-0.4, -0.2) is 18.5 Å². The van der Waals surface area contributed by atoms with Gasteiger partial charge in [-0.1, -0.05) is 30.3 Å². The Hall–Kier alpha value is -5.24. The summed E-state index contributed by atoms with van der Waals surface area (Å²) in [5.41, 5.74) is 1.03. The molecule has 5 aromatic rings. The van der Waals surface area contributed by atoms with Gasteiger partial charge in [-0.15, -0.1) is 0 Å². The molecule has 2 heterocycles. The largest absolute Gasteiger partial charge is 0.462 e. The van der Waals surface area contributed by atoms with E-state index >= 15 is 0 Å². The maximum atomic E-state index is 14.1. The van der Waals surface area contributed by atoms with Crippen molar-refractivity contribution in [3.63, 3.8) is 0 Å². The molecule has 1 aliphatic rings. The van der Waals surface area contributed by atoms with Crippen molar-refractivity contribution < 1.29 is 27.9 Å². The van der Waals surface area contributed by atoms with E-state index in [1.807, 2.05) is 30.3 Å². The molecule has 1 aromatic heterocycles. The fourth-order valence-corrected chi connectivity index (χ4v) is 4.87. The van der Waals surface area contributed by atoms with Gasteiger partial charge in [0, 0.05) is 5.69 Å². The van der Waals surface area contributed by atoms with Gasteiger partial charge < -0.3 is 13.9 Å². The summed E-state index contributed by atoms with van der Waals surface area (Å²) in [5.74, 6) is -0.629. The summed E-state index contributed by atoms with van der Waals surface area (Å²) in [7, 11) is 0. The summed E-state index contributed by atoms with van der Waals surface area (Å²) in [6.07, 6.45) is 0. The van der Waals surface area contributed by atoms with Crippen LogP contribution in [0.25, 0.3) is 11.0 Å². The van der Waals surface area contributed by atoms with Crippen molar-refractivity contribution >= 4 is 28.5 Å². The van der Waals surface area contributed by atoms with Crippen LogP contribution in [0.15, 0.2) is 106 Å². The van der Waals surface area contributed by atoms with Crippen molar-refractivity contribution in [3.05, 3.63) is 136 Å². The van der Waals surface area contributed by atoms with Crippen LogP contribution in [0.1, 0.15) is 45.0 Å². The summed E-state index contributed by atoms with van der Waals surface area (Å²) < 4.78 is 31.1. The molecule has 0 spiro atoms. The first-order chi connectivity index (χ1) is 19.4. The lowest BCUT2D eigenvalue weighted by Gasteiger charge is -2.25. The fourth-order valence-electron chi connectivity index (χ4n) is 4.87. The monoisotopic (exact) mass is 535 g/mol. The van der Waals surface area contributed by atoms with Crippen molar-refractivity contribution in [3.8, 4) is 11.5 Å². The molecule has 40 heavy (non-hydrogen) atoms. The second kappa shape index (κ2) is 10.1. The molecular weight excluding hydrogens is 513 g/mol. The number of benzene rings is 4. The molecule has 1 atom stereocenters. The first kappa shape index (κ1) is 25.1. The normalized spacial score (nSPS) is 14.3. The van der Waals surface area contributed by atoms with Crippen LogP contribution < -0.4 is 15.1 Å². The van der Waals surface area contributed by atoms with Gasteiger partial charge in [0.05, 0.1) is 29.2 Å². The van der Waals surface area contributed by atoms with Crippen LogP contribution in [0.3, 0.4) is 0 Å². The van der Waals surface area contributed by atoms with Gasteiger partial charge in [-0.05, 0) is 79.2 Å². The average molecular weight is 536 g/mol. The first-order valence-electron chi connectivity index (χ1n) is 12.6.